The van der Waals surface area contributed by atoms with E-state index in [9.17, 15) is 4.79 Å². The van der Waals surface area contributed by atoms with Gasteiger partial charge >= 0.3 is 5.97 Å². The minimum atomic E-state index is -0.953. The third kappa shape index (κ3) is 4.62. The molecule has 1 saturated carbocycles. The summed E-state index contributed by atoms with van der Waals surface area (Å²) in [6, 6.07) is 20.5. The highest BCUT2D eigenvalue weighted by molar-refractivity contribution is 6.30. The molecule has 2 unspecified atom stereocenters. The molecule has 1 aliphatic carbocycles. The first-order valence-electron chi connectivity index (χ1n) is 10.9. The Kier molecular flexibility index (Phi) is 5.61. The van der Waals surface area contributed by atoms with Crippen molar-refractivity contribution in [2.45, 2.75) is 19.3 Å². The topological polar surface area (TPSA) is 66.0 Å². The lowest BCUT2D eigenvalue weighted by Gasteiger charge is -2.11. The van der Waals surface area contributed by atoms with Gasteiger partial charge in [-0.1, -0.05) is 54.1 Å². The first kappa shape index (κ1) is 21.2. The van der Waals surface area contributed by atoms with Crippen LogP contribution >= 0.6 is 11.6 Å². The summed E-state index contributed by atoms with van der Waals surface area (Å²) in [4.78, 5) is 10.8. The number of carbonyl (C=O) groups is 1. The van der Waals surface area contributed by atoms with Crippen molar-refractivity contribution >= 4 is 40.1 Å². The second-order valence-corrected chi connectivity index (χ2v) is 8.99. The molecule has 4 aromatic rings. The molecule has 3 aromatic carbocycles. The van der Waals surface area contributed by atoms with Crippen LogP contribution in [0, 0.1) is 12.8 Å². The van der Waals surface area contributed by atoms with Crippen LogP contribution in [0.25, 0.3) is 22.6 Å². The summed E-state index contributed by atoms with van der Waals surface area (Å²) in [5.41, 5.74) is 7.87. The molecule has 164 valence electrons. The van der Waals surface area contributed by atoms with Gasteiger partial charge in [0.25, 0.3) is 0 Å². The molecular weight excluding hydrogens is 432 g/mol. The Morgan fingerprint density at radius 3 is 2.64 bits per heavy atom. The average molecular weight is 455 g/mol. The molecule has 5 heteroatoms. The van der Waals surface area contributed by atoms with Crippen LogP contribution in [0.3, 0.4) is 0 Å². The summed E-state index contributed by atoms with van der Waals surface area (Å²) in [6.45, 7) is 2.12. The number of aliphatic carboxylic acids is 1. The molecule has 0 aliphatic heterocycles. The predicted molar refractivity (Wildman–Crippen MR) is 133 cm³/mol. The van der Waals surface area contributed by atoms with Crippen molar-refractivity contribution in [3.8, 4) is 0 Å². The van der Waals surface area contributed by atoms with E-state index < -0.39 is 5.97 Å². The monoisotopic (exact) mass is 454 g/mol. The highest BCUT2D eigenvalue weighted by Gasteiger charge is 2.37. The van der Waals surface area contributed by atoms with E-state index in [1.807, 2.05) is 30.5 Å². The van der Waals surface area contributed by atoms with E-state index in [4.69, 9.17) is 16.7 Å². The zero-order valence-corrected chi connectivity index (χ0v) is 18.9. The summed E-state index contributed by atoms with van der Waals surface area (Å²) in [5.74, 6) is -0.00968. The van der Waals surface area contributed by atoms with E-state index in [-0.39, 0.29) is 0 Å². The Bertz CT molecular complexity index is 1400. The molecule has 1 heterocycles. The molecule has 2 N–H and O–H groups in total. The van der Waals surface area contributed by atoms with E-state index in [1.54, 1.807) is 6.08 Å². The molecule has 2 atom stereocenters. The number of carboxylic acid groups (broad SMARTS) is 1. The number of carboxylic acids is 1. The average Bonchev–Trinajstić information content (AvgIpc) is 3.39. The lowest BCUT2D eigenvalue weighted by molar-refractivity contribution is -0.131. The number of hydrogen-bond donors (Lipinski definition) is 2. The van der Waals surface area contributed by atoms with E-state index in [0.717, 1.165) is 45.1 Å². The number of aromatic amines is 1. The molecule has 0 spiro atoms. The highest BCUT2D eigenvalue weighted by Crippen LogP contribution is 2.51. The standard InChI is InChI=1S/C28H23ClN2O2/c1-17-12-23(29)8-9-24(17)26-15-21(26)14-25(20-7-10-27-22(13-20)16-30-31-27)19-5-2-18(3-6-19)4-11-28(32)33/h2-14,16,21,26H,15H2,1H3,(H,30,31)(H,32,33)/b11-4+,25-14+. The number of nitrogens with zero attached hydrogens (tertiary/aromatic N) is 1. The molecule has 1 fully saturated rings. The fourth-order valence-electron chi connectivity index (χ4n) is 4.44. The van der Waals surface area contributed by atoms with Crippen LogP contribution in [0.15, 0.2) is 79.0 Å². The molecule has 0 bridgehead atoms. The van der Waals surface area contributed by atoms with Crippen LogP contribution < -0.4 is 0 Å². The van der Waals surface area contributed by atoms with Gasteiger partial charge in [-0.25, -0.2) is 4.79 Å². The van der Waals surface area contributed by atoms with E-state index in [1.165, 1.54) is 16.7 Å². The lowest BCUT2D eigenvalue weighted by atomic mass is 9.94. The van der Waals surface area contributed by atoms with Crippen molar-refractivity contribution in [2.24, 2.45) is 5.92 Å². The summed E-state index contributed by atoms with van der Waals surface area (Å²) in [6.07, 6.45) is 8.09. The highest BCUT2D eigenvalue weighted by atomic mass is 35.5. The van der Waals surface area contributed by atoms with Gasteiger partial charge in [-0.3, -0.25) is 5.10 Å². The summed E-state index contributed by atoms with van der Waals surface area (Å²) >= 11 is 6.16. The number of nitrogens with one attached hydrogen (secondary N) is 1. The maximum Gasteiger partial charge on any atom is 0.328 e. The van der Waals surface area contributed by atoms with E-state index in [2.05, 4.69) is 59.6 Å². The number of halogens is 1. The number of hydrogen-bond acceptors (Lipinski definition) is 2. The van der Waals surface area contributed by atoms with Crippen molar-refractivity contribution in [3.05, 3.63) is 112 Å². The van der Waals surface area contributed by atoms with Crippen molar-refractivity contribution in [2.75, 3.05) is 0 Å². The minimum Gasteiger partial charge on any atom is -0.478 e. The maximum absolute atomic E-state index is 10.8. The Morgan fingerprint density at radius 2 is 1.88 bits per heavy atom. The second-order valence-electron chi connectivity index (χ2n) is 8.55. The fourth-order valence-corrected chi connectivity index (χ4v) is 4.66. The largest absolute Gasteiger partial charge is 0.478 e. The number of allylic oxidation sites excluding steroid dienone is 1. The Balaban J connectivity index is 1.51. The molecule has 0 amide bonds. The number of fused-ring (bicyclic) bond motifs is 1. The van der Waals surface area contributed by atoms with Crippen molar-refractivity contribution in [1.82, 2.24) is 10.2 Å². The van der Waals surface area contributed by atoms with Crippen LogP contribution in [-0.4, -0.2) is 21.3 Å². The van der Waals surface area contributed by atoms with Gasteiger partial charge in [-0.15, -0.1) is 0 Å². The molecule has 4 nitrogen and oxygen atoms in total. The molecule has 0 saturated heterocycles. The number of aromatic nitrogens is 2. The Hall–Kier alpha value is -3.63. The van der Waals surface area contributed by atoms with Gasteiger partial charge in [-0.05, 0) is 88.9 Å². The summed E-state index contributed by atoms with van der Waals surface area (Å²) in [5, 5.41) is 17.9. The minimum absolute atomic E-state index is 0.450. The number of aryl methyl sites for hydroxylation is 1. The van der Waals surface area contributed by atoms with Gasteiger partial charge in [0.05, 0.1) is 11.7 Å². The molecular formula is C28H23ClN2O2. The Labute approximate surface area is 197 Å². The van der Waals surface area contributed by atoms with Crippen LogP contribution in [0.1, 0.15) is 40.2 Å². The first-order chi connectivity index (χ1) is 16.0. The van der Waals surface area contributed by atoms with Gasteiger partial charge in [0.15, 0.2) is 0 Å². The van der Waals surface area contributed by atoms with E-state index >= 15 is 0 Å². The van der Waals surface area contributed by atoms with Gasteiger partial charge in [-0.2, -0.15) is 5.10 Å². The molecule has 0 radical (unpaired) electrons. The van der Waals surface area contributed by atoms with Crippen molar-refractivity contribution in [1.29, 1.82) is 0 Å². The third-order valence-electron chi connectivity index (χ3n) is 6.24. The summed E-state index contributed by atoms with van der Waals surface area (Å²) in [7, 11) is 0. The van der Waals surface area contributed by atoms with Crippen LogP contribution in [0.4, 0.5) is 0 Å². The zero-order chi connectivity index (χ0) is 22.9. The molecule has 1 aromatic heterocycles. The zero-order valence-electron chi connectivity index (χ0n) is 18.1. The number of rotatable bonds is 6. The van der Waals surface area contributed by atoms with Gasteiger partial charge in [0.2, 0.25) is 0 Å². The lowest BCUT2D eigenvalue weighted by Crippen LogP contribution is -1.92. The quantitative estimate of drug-likeness (QED) is 0.313. The SMILES string of the molecule is Cc1cc(Cl)ccc1C1CC1/C=C(\c1ccc(/C=C/C(=O)O)cc1)c1ccc2[nH]ncc2c1. The van der Waals surface area contributed by atoms with Crippen LogP contribution in [0.5, 0.6) is 0 Å². The summed E-state index contributed by atoms with van der Waals surface area (Å²) < 4.78 is 0. The van der Waals surface area contributed by atoms with Crippen molar-refractivity contribution < 1.29 is 9.90 Å². The van der Waals surface area contributed by atoms with Crippen LogP contribution in [0.2, 0.25) is 5.02 Å². The van der Waals surface area contributed by atoms with Gasteiger partial charge < -0.3 is 5.11 Å². The number of benzene rings is 3. The maximum atomic E-state index is 10.8. The molecule has 33 heavy (non-hydrogen) atoms. The third-order valence-corrected chi connectivity index (χ3v) is 6.48. The van der Waals surface area contributed by atoms with Crippen molar-refractivity contribution in [3.63, 3.8) is 0 Å². The fraction of sp³-hybridized carbons (Fsp3) is 0.143. The first-order valence-corrected chi connectivity index (χ1v) is 11.3. The molecule has 1 aliphatic rings. The predicted octanol–water partition coefficient (Wildman–Crippen LogP) is 6.86. The number of H-pyrrole nitrogens is 1. The second kappa shape index (κ2) is 8.72. The smallest absolute Gasteiger partial charge is 0.328 e. The molecule has 5 rings (SSSR count). The van der Waals surface area contributed by atoms with Gasteiger partial charge in [0.1, 0.15) is 0 Å². The van der Waals surface area contributed by atoms with Crippen LogP contribution in [-0.2, 0) is 4.79 Å². The van der Waals surface area contributed by atoms with Gasteiger partial charge in [0, 0.05) is 16.5 Å². The normalized spacial score (nSPS) is 18.2. The van der Waals surface area contributed by atoms with E-state index in [0.29, 0.717) is 11.8 Å². The Morgan fingerprint density at radius 1 is 1.09 bits per heavy atom.